The zero-order chi connectivity index (χ0) is 19.6. The number of amidine groups is 1. The molecule has 0 saturated heterocycles. The molecule has 1 atom stereocenters. The average molecular weight is 392 g/mol. The van der Waals surface area contributed by atoms with Crippen molar-refractivity contribution < 1.29 is 32.6 Å². The van der Waals surface area contributed by atoms with Gasteiger partial charge in [0.05, 0.1) is 6.61 Å². The first kappa shape index (κ1) is 22.8. The maximum Gasteiger partial charge on any atom is 0.316 e. The van der Waals surface area contributed by atoms with Gasteiger partial charge >= 0.3 is 5.84 Å². The zero-order valence-electron chi connectivity index (χ0n) is 15.4. The molecule has 0 aromatic rings. The van der Waals surface area contributed by atoms with E-state index in [1.54, 1.807) is 9.48 Å². The van der Waals surface area contributed by atoms with E-state index in [9.17, 15) is 23.4 Å². The molecule has 1 aliphatic heterocycles. The Kier molecular flexibility index (Phi) is 10.0. The highest BCUT2D eigenvalue weighted by Gasteiger charge is 2.36. The van der Waals surface area contributed by atoms with E-state index in [4.69, 9.17) is 4.55 Å². The smallest absolute Gasteiger partial charge is 0.316 e. The molecule has 0 amide bonds. The lowest BCUT2D eigenvalue weighted by atomic mass is 10.1. The van der Waals surface area contributed by atoms with Crippen LogP contribution in [-0.2, 0) is 14.9 Å². The zero-order valence-corrected chi connectivity index (χ0v) is 16.2. The number of carbonyl (C=O) groups excluding carboxylic acids is 1. The minimum Gasteiger partial charge on any atom is -0.392 e. The van der Waals surface area contributed by atoms with Crippen LogP contribution in [0.4, 0.5) is 0 Å². The van der Waals surface area contributed by atoms with Crippen LogP contribution in [0.5, 0.6) is 0 Å². The van der Waals surface area contributed by atoms with Crippen molar-refractivity contribution in [2.75, 3.05) is 38.5 Å². The van der Waals surface area contributed by atoms with Crippen molar-refractivity contribution in [3.05, 3.63) is 12.2 Å². The lowest BCUT2D eigenvalue weighted by Crippen LogP contribution is -2.40. The second-order valence-electron chi connectivity index (χ2n) is 6.43. The molecule has 0 spiro atoms. The highest BCUT2D eigenvalue weighted by molar-refractivity contribution is 7.85. The maximum atomic E-state index is 12.6. The number of hydrogen-bond acceptors (Lipinski definition) is 6. The van der Waals surface area contributed by atoms with Gasteiger partial charge < -0.3 is 10.2 Å². The predicted molar refractivity (Wildman–Crippen MR) is 99.0 cm³/mol. The number of unbranched alkanes of at least 4 members (excludes halogenated alkanes) is 2. The van der Waals surface area contributed by atoms with Crippen molar-refractivity contribution in [3.63, 3.8) is 0 Å². The summed E-state index contributed by atoms with van der Waals surface area (Å²) in [6.07, 6.45) is 6.83. The molecular formula is C17H31N2O6S+. The first-order valence-electron chi connectivity index (χ1n) is 9.07. The Morgan fingerprint density at radius 3 is 2.69 bits per heavy atom. The van der Waals surface area contributed by atoms with Gasteiger partial charge in [-0.3, -0.25) is 18.8 Å². The number of carbonyl (C=O) groups is 1. The van der Waals surface area contributed by atoms with Crippen molar-refractivity contribution in [1.29, 1.82) is 0 Å². The van der Waals surface area contributed by atoms with Gasteiger partial charge in [-0.05, 0) is 25.7 Å². The fourth-order valence-electron chi connectivity index (χ4n) is 3.02. The first-order chi connectivity index (χ1) is 12.3. The van der Waals surface area contributed by atoms with Crippen molar-refractivity contribution in [2.45, 2.75) is 45.1 Å². The molecule has 0 radical (unpaired) electrons. The van der Waals surface area contributed by atoms with Crippen LogP contribution in [0.1, 0.15) is 39.0 Å². The Hall–Kier alpha value is -1.29. The van der Waals surface area contributed by atoms with Crippen LogP contribution < -0.4 is 0 Å². The van der Waals surface area contributed by atoms with Gasteiger partial charge in [-0.1, -0.05) is 19.1 Å². The number of ketones is 1. The van der Waals surface area contributed by atoms with Gasteiger partial charge in [0.1, 0.15) is 38.0 Å². The van der Waals surface area contributed by atoms with E-state index in [2.05, 4.69) is 19.1 Å². The number of β-amino-alcohol motifs (C(OH)–C–C–N with tert-alkyl or cyclic N) is 2. The lowest BCUT2D eigenvalue weighted by Gasteiger charge is -2.13. The van der Waals surface area contributed by atoms with Gasteiger partial charge in [-0.25, -0.2) is 0 Å². The third kappa shape index (κ3) is 8.39. The molecule has 1 unspecified atom stereocenters. The van der Waals surface area contributed by atoms with E-state index in [0.717, 1.165) is 25.7 Å². The van der Waals surface area contributed by atoms with Gasteiger partial charge in [-0.2, -0.15) is 8.42 Å². The van der Waals surface area contributed by atoms with E-state index < -0.39 is 22.0 Å². The number of aliphatic hydroxyl groups is 2. The number of Topliss-reactive ketones (excluding diaryl/α,β-unsaturated/α-hetero) is 1. The normalized spacial score (nSPS) is 16.7. The van der Waals surface area contributed by atoms with E-state index in [1.165, 1.54) is 0 Å². The second kappa shape index (κ2) is 11.4. The van der Waals surface area contributed by atoms with E-state index in [-0.39, 0.29) is 18.9 Å². The molecular weight excluding hydrogens is 360 g/mol. The molecule has 9 heteroatoms. The quantitative estimate of drug-likeness (QED) is 0.176. The Morgan fingerprint density at radius 1 is 1.35 bits per heavy atom. The van der Waals surface area contributed by atoms with E-state index in [1.807, 2.05) is 0 Å². The summed E-state index contributed by atoms with van der Waals surface area (Å²) >= 11 is 0. The van der Waals surface area contributed by atoms with Gasteiger partial charge in [0.25, 0.3) is 10.1 Å². The molecule has 1 aliphatic rings. The summed E-state index contributed by atoms with van der Waals surface area (Å²) in [5, 5.41) is 19.1. The molecule has 0 aliphatic carbocycles. The topological polar surface area (TPSA) is 118 Å². The Morgan fingerprint density at radius 2 is 2.08 bits per heavy atom. The van der Waals surface area contributed by atoms with Crippen molar-refractivity contribution in [1.82, 2.24) is 4.90 Å². The van der Waals surface area contributed by atoms with Crippen LogP contribution in [0.25, 0.3) is 0 Å². The first-order valence-corrected chi connectivity index (χ1v) is 10.7. The van der Waals surface area contributed by atoms with Crippen LogP contribution in [0.3, 0.4) is 0 Å². The Bertz CT molecular complexity index is 615. The van der Waals surface area contributed by atoms with Crippen LogP contribution in [0, 0.1) is 0 Å². The van der Waals surface area contributed by atoms with Crippen molar-refractivity contribution in [2.24, 2.45) is 0 Å². The van der Waals surface area contributed by atoms with Gasteiger partial charge in [0.15, 0.2) is 0 Å². The molecule has 150 valence electrons. The summed E-state index contributed by atoms with van der Waals surface area (Å²) < 4.78 is 32.3. The Balaban J connectivity index is 2.72. The molecule has 0 aromatic heterocycles. The number of allylic oxidation sites excluding steroid dienone is 2. The highest BCUT2D eigenvalue weighted by atomic mass is 32.2. The van der Waals surface area contributed by atoms with Crippen LogP contribution >= 0.6 is 0 Å². The summed E-state index contributed by atoms with van der Waals surface area (Å²) in [6, 6.07) is 0. The summed E-state index contributed by atoms with van der Waals surface area (Å²) in [4.78, 5) is 14.4. The molecule has 0 aromatic carbocycles. The molecule has 26 heavy (non-hydrogen) atoms. The Labute approximate surface area is 155 Å². The molecule has 0 bridgehead atoms. The predicted octanol–water partition coefficient (Wildman–Crippen LogP) is 0.0497. The summed E-state index contributed by atoms with van der Waals surface area (Å²) in [6.45, 7) is 3.22. The molecule has 0 fully saturated rings. The number of rotatable bonds is 13. The second-order valence-corrected chi connectivity index (χ2v) is 7.93. The highest BCUT2D eigenvalue weighted by Crippen LogP contribution is 2.10. The average Bonchev–Trinajstić information content (AvgIpc) is 2.91. The lowest BCUT2D eigenvalue weighted by molar-refractivity contribution is -0.525. The molecule has 1 rings (SSSR count). The largest absolute Gasteiger partial charge is 0.392 e. The van der Waals surface area contributed by atoms with Crippen molar-refractivity contribution in [3.8, 4) is 0 Å². The third-order valence-electron chi connectivity index (χ3n) is 4.12. The number of aliphatic hydroxyl groups excluding tert-OH is 2. The van der Waals surface area contributed by atoms with Crippen molar-refractivity contribution >= 4 is 21.7 Å². The van der Waals surface area contributed by atoms with E-state index >= 15 is 0 Å². The molecule has 3 N–H and O–H groups in total. The fraction of sp³-hybridized carbons (Fsp3) is 0.765. The van der Waals surface area contributed by atoms with Gasteiger partial charge in [-0.15, -0.1) is 0 Å². The SMILES string of the molecule is CC/C=C/CCCCC(=O)C1=[N+](CC(O)CS(=O)(=O)O)CCN1CCO. The van der Waals surface area contributed by atoms with Crippen LogP contribution in [-0.4, -0.2) is 88.9 Å². The molecule has 1 heterocycles. The van der Waals surface area contributed by atoms with Crippen LogP contribution in [0.15, 0.2) is 12.2 Å². The number of hydrogen-bond donors (Lipinski definition) is 3. The van der Waals surface area contributed by atoms with Crippen LogP contribution in [0.2, 0.25) is 0 Å². The minimum atomic E-state index is -4.28. The fourth-order valence-corrected chi connectivity index (χ4v) is 3.61. The maximum absolute atomic E-state index is 12.6. The van der Waals surface area contributed by atoms with Gasteiger partial charge in [0, 0.05) is 6.42 Å². The summed E-state index contributed by atoms with van der Waals surface area (Å²) in [5.41, 5.74) is 0. The monoisotopic (exact) mass is 391 g/mol. The third-order valence-corrected chi connectivity index (χ3v) is 4.93. The minimum absolute atomic E-state index is 0.0535. The standard InChI is InChI=1S/C17H30N2O6S/c1-2-3-4-5-6-7-8-16(22)17-18(11-12-20)9-10-19(17)13-15(21)14-26(23,24)25/h3-4,15,20-21H,2,5-14H2,1H3/p+1/b4-3+. The van der Waals surface area contributed by atoms with E-state index in [0.29, 0.717) is 31.9 Å². The molecule has 8 nitrogen and oxygen atoms in total. The van der Waals surface area contributed by atoms with Gasteiger partial charge in [0.2, 0.25) is 5.78 Å². The molecule has 0 saturated carbocycles. The summed E-state index contributed by atoms with van der Waals surface area (Å²) in [7, 11) is -4.28. The summed E-state index contributed by atoms with van der Waals surface area (Å²) in [5.74, 6) is -0.429. The number of nitrogens with zero attached hydrogens (tertiary/aromatic N) is 2.